The molecule has 2 saturated carbocycles. The van der Waals surface area contributed by atoms with E-state index in [0.29, 0.717) is 41.2 Å². The number of imide groups is 1. The van der Waals surface area contributed by atoms with E-state index in [1.165, 1.54) is 11.3 Å². The molecule has 2 aliphatic carbocycles. The average Bonchev–Trinajstić information content (AvgIpc) is 3.32. The van der Waals surface area contributed by atoms with Crippen LogP contribution in [0.5, 0.6) is 11.5 Å². The van der Waals surface area contributed by atoms with Crippen molar-refractivity contribution < 1.29 is 28.7 Å². The number of pyridine rings is 1. The zero-order valence-corrected chi connectivity index (χ0v) is 27.5. The maximum Gasteiger partial charge on any atom is 0.321 e. The minimum Gasteiger partial charge on any atom is -0.497 e. The van der Waals surface area contributed by atoms with Gasteiger partial charge >= 0.3 is 6.03 Å². The van der Waals surface area contributed by atoms with E-state index >= 15 is 0 Å². The third-order valence-corrected chi connectivity index (χ3v) is 9.93. The fraction of sp³-hybridized carbons (Fsp3) is 0.471. The van der Waals surface area contributed by atoms with Gasteiger partial charge in [0.05, 0.1) is 30.2 Å². The molecule has 0 saturated heterocycles. The van der Waals surface area contributed by atoms with Gasteiger partial charge in [-0.25, -0.2) is 14.8 Å². The number of amides is 4. The van der Waals surface area contributed by atoms with Crippen LogP contribution in [0.1, 0.15) is 52.4 Å². The Bertz CT molecular complexity index is 1720. The van der Waals surface area contributed by atoms with Crippen LogP contribution in [0.2, 0.25) is 0 Å². The van der Waals surface area contributed by atoms with Gasteiger partial charge in [-0.1, -0.05) is 12.2 Å². The smallest absolute Gasteiger partial charge is 0.321 e. The lowest BCUT2D eigenvalue weighted by Gasteiger charge is -2.26. The highest BCUT2D eigenvalue weighted by atomic mass is 32.1. The highest BCUT2D eigenvalue weighted by Gasteiger charge is 2.56. The first-order chi connectivity index (χ1) is 22.6. The van der Waals surface area contributed by atoms with Gasteiger partial charge in [0.2, 0.25) is 11.8 Å². The number of carbonyl (C=O) groups is 4. The molecule has 13 heteroatoms. The number of hydrogen-bond donors (Lipinski definition) is 3. The van der Waals surface area contributed by atoms with Crippen molar-refractivity contribution in [2.75, 3.05) is 19.0 Å². The van der Waals surface area contributed by atoms with Gasteiger partial charge in [-0.3, -0.25) is 14.5 Å². The summed E-state index contributed by atoms with van der Waals surface area (Å²) in [6, 6.07) is 6.69. The first-order valence-corrected chi connectivity index (χ1v) is 16.9. The fourth-order valence-electron chi connectivity index (χ4n) is 6.56. The zero-order chi connectivity index (χ0) is 33.3. The third-order valence-electron chi connectivity index (χ3n) is 9.15. The number of methoxy groups -OCH3 is 1. The molecule has 0 radical (unpaired) electrons. The third kappa shape index (κ3) is 6.80. The topological polar surface area (TPSA) is 166 Å². The number of nitrogens with one attached hydrogen (secondary N) is 2. The first kappa shape index (κ1) is 32.4. The van der Waals surface area contributed by atoms with Crippen molar-refractivity contribution in [2.45, 2.75) is 70.1 Å². The number of urea groups is 1. The quantitative estimate of drug-likeness (QED) is 0.241. The van der Waals surface area contributed by atoms with Crippen LogP contribution in [0.3, 0.4) is 0 Å². The molecule has 248 valence electrons. The van der Waals surface area contributed by atoms with Gasteiger partial charge in [0.25, 0.3) is 0 Å². The molecule has 0 spiro atoms. The average molecular weight is 661 g/mol. The lowest BCUT2D eigenvalue weighted by Crippen LogP contribution is -2.49. The summed E-state index contributed by atoms with van der Waals surface area (Å²) in [5.41, 5.74) is 6.59. The number of nitrogens with zero attached hydrogens (tertiary/aromatic N) is 3. The van der Waals surface area contributed by atoms with Crippen molar-refractivity contribution in [1.82, 2.24) is 20.2 Å². The van der Waals surface area contributed by atoms with E-state index in [0.717, 1.165) is 34.5 Å². The highest BCUT2D eigenvalue weighted by Crippen LogP contribution is 2.45. The zero-order valence-electron chi connectivity index (χ0n) is 26.7. The maximum atomic E-state index is 13.9. The van der Waals surface area contributed by atoms with Crippen LogP contribution in [0, 0.1) is 17.8 Å². The number of ether oxygens (including phenoxy) is 2. The summed E-state index contributed by atoms with van der Waals surface area (Å²) in [6.07, 6.45) is 7.16. The Morgan fingerprint density at radius 3 is 2.72 bits per heavy atom. The number of primary amides is 1. The predicted octanol–water partition coefficient (Wildman–Crippen LogP) is 4.68. The van der Waals surface area contributed by atoms with Crippen molar-refractivity contribution in [1.29, 1.82) is 0 Å². The fourth-order valence-corrected chi connectivity index (χ4v) is 7.42. The van der Waals surface area contributed by atoms with E-state index < -0.39 is 41.3 Å². The van der Waals surface area contributed by atoms with Crippen LogP contribution in [0.25, 0.3) is 22.3 Å². The number of carbonyl (C=O) groups excluding carboxylic acids is 4. The van der Waals surface area contributed by atoms with E-state index in [-0.39, 0.29) is 31.3 Å². The molecule has 6 rings (SSSR count). The number of benzene rings is 1. The Hall–Kier alpha value is -4.52. The summed E-state index contributed by atoms with van der Waals surface area (Å²) in [5, 5.41) is 9.68. The van der Waals surface area contributed by atoms with Crippen LogP contribution < -0.4 is 25.8 Å². The number of anilines is 1. The van der Waals surface area contributed by atoms with Crippen molar-refractivity contribution >= 4 is 51.5 Å². The Morgan fingerprint density at radius 1 is 1.17 bits per heavy atom. The van der Waals surface area contributed by atoms with Gasteiger partial charge in [0, 0.05) is 41.4 Å². The molecule has 2 fully saturated rings. The number of fused-ring (bicyclic) bond motifs is 3. The highest BCUT2D eigenvalue weighted by molar-refractivity contribution is 7.14. The number of aldehydes is 1. The van der Waals surface area contributed by atoms with Crippen molar-refractivity contribution in [2.24, 2.45) is 23.5 Å². The van der Waals surface area contributed by atoms with E-state index in [1.807, 2.05) is 55.6 Å². The van der Waals surface area contributed by atoms with E-state index in [2.05, 4.69) is 10.6 Å². The lowest BCUT2D eigenvalue weighted by atomic mass is 9.93. The summed E-state index contributed by atoms with van der Waals surface area (Å²) in [7, 11) is 1.59. The summed E-state index contributed by atoms with van der Waals surface area (Å²) in [5.74, 6) is -1.52. The molecule has 0 bridgehead atoms. The standard InChI is InChI=1S/C34H40N6O6S/c1-19(2)36-33-38-28(17-47-33)27-15-29(23-10-9-21(45-3)14-26(23)37-27)46-22-12-24-25(13-22)31(43)40(32(35)44)11-7-5-4-6-8-20-16-34(20,18-41)39-30(24)42/h6,8-10,14-15,17-20,22,24-25H,4-5,7,11-13,16H2,1-3H3,(H2,35,44)(H,36,38)(H,39,42)/b8-6+. The summed E-state index contributed by atoms with van der Waals surface area (Å²) >= 11 is 1.48. The summed E-state index contributed by atoms with van der Waals surface area (Å²) < 4.78 is 12.1. The molecule has 3 heterocycles. The van der Waals surface area contributed by atoms with Crippen molar-refractivity contribution in [3.8, 4) is 22.9 Å². The molecule has 2 aromatic heterocycles. The van der Waals surface area contributed by atoms with Gasteiger partial charge in [0.15, 0.2) is 5.13 Å². The van der Waals surface area contributed by atoms with E-state index in [9.17, 15) is 19.2 Å². The Labute approximate surface area is 277 Å². The first-order valence-electron chi connectivity index (χ1n) is 16.0. The van der Waals surface area contributed by atoms with Crippen LogP contribution in [-0.2, 0) is 14.4 Å². The summed E-state index contributed by atoms with van der Waals surface area (Å²) in [6.45, 7) is 4.25. The predicted molar refractivity (Wildman–Crippen MR) is 178 cm³/mol. The number of allylic oxidation sites excluding steroid dienone is 1. The van der Waals surface area contributed by atoms with Gasteiger partial charge in [0.1, 0.15) is 35.1 Å². The van der Waals surface area contributed by atoms with E-state index in [4.69, 9.17) is 25.2 Å². The van der Waals surface area contributed by atoms with Crippen LogP contribution in [0.4, 0.5) is 9.93 Å². The molecular weight excluding hydrogens is 620 g/mol. The molecule has 4 N–H and O–H groups in total. The molecule has 47 heavy (non-hydrogen) atoms. The molecule has 12 nitrogen and oxygen atoms in total. The van der Waals surface area contributed by atoms with Gasteiger partial charge in [-0.05, 0) is 64.5 Å². The molecule has 1 aromatic carbocycles. The molecule has 5 atom stereocenters. The number of thiazole rings is 1. The van der Waals surface area contributed by atoms with Crippen LogP contribution >= 0.6 is 11.3 Å². The van der Waals surface area contributed by atoms with E-state index in [1.54, 1.807) is 7.11 Å². The van der Waals surface area contributed by atoms with Crippen molar-refractivity contribution in [3.63, 3.8) is 0 Å². The second-order valence-electron chi connectivity index (χ2n) is 12.9. The Morgan fingerprint density at radius 2 is 1.98 bits per heavy atom. The second-order valence-corrected chi connectivity index (χ2v) is 13.7. The minimum absolute atomic E-state index is 0.0859. The van der Waals surface area contributed by atoms with Crippen LogP contribution in [-0.4, -0.2) is 70.3 Å². The normalized spacial score (nSPS) is 26.9. The Balaban J connectivity index is 1.33. The van der Waals surface area contributed by atoms with Gasteiger partial charge < -0.3 is 30.6 Å². The minimum atomic E-state index is -0.986. The second kappa shape index (κ2) is 13.3. The molecule has 4 amide bonds. The Kier molecular flexibility index (Phi) is 9.18. The number of hydrogen-bond acceptors (Lipinski definition) is 10. The molecule has 3 aliphatic rings. The number of aromatic nitrogens is 2. The number of rotatable bonds is 7. The molecular formula is C34H40N6O6S. The molecule has 1 aliphatic heterocycles. The maximum absolute atomic E-state index is 13.9. The van der Waals surface area contributed by atoms with Gasteiger partial charge in [-0.15, -0.1) is 11.3 Å². The van der Waals surface area contributed by atoms with Crippen LogP contribution in [0.15, 0.2) is 41.8 Å². The van der Waals surface area contributed by atoms with Crippen molar-refractivity contribution in [3.05, 3.63) is 41.8 Å². The summed E-state index contributed by atoms with van der Waals surface area (Å²) in [4.78, 5) is 62.9. The molecule has 3 aromatic rings. The lowest BCUT2D eigenvalue weighted by molar-refractivity contribution is -0.139. The SMILES string of the molecule is COc1ccc2c(OC3CC4C(=O)NC5(C=O)CC5/C=C/CCCCN(C(N)=O)C(=O)C4C3)cc(-c3csc(NC(C)C)n3)nc2c1. The van der Waals surface area contributed by atoms with Gasteiger partial charge in [-0.2, -0.15) is 0 Å². The largest absolute Gasteiger partial charge is 0.497 e. The number of nitrogens with two attached hydrogens (primary N) is 1. The monoisotopic (exact) mass is 660 g/mol. The molecule has 5 unspecified atom stereocenters.